The van der Waals surface area contributed by atoms with Crippen LogP contribution < -0.4 is 9.47 Å². The third-order valence-corrected chi connectivity index (χ3v) is 7.03. The van der Waals surface area contributed by atoms with Crippen LogP contribution in [-0.2, 0) is 30.8 Å². The van der Waals surface area contributed by atoms with Gasteiger partial charge in [-0.15, -0.1) is 0 Å². The van der Waals surface area contributed by atoms with Crippen molar-refractivity contribution in [1.82, 2.24) is 0 Å². The molecule has 4 rings (SSSR count). The highest BCUT2D eigenvalue weighted by atomic mass is 32.2. The summed E-state index contributed by atoms with van der Waals surface area (Å²) in [5.41, 5.74) is 1.01. The molecular formula is C27H32O6S. The third-order valence-electron chi connectivity index (χ3n) is 5.65. The summed E-state index contributed by atoms with van der Waals surface area (Å²) in [6.45, 7) is 1.20. The van der Waals surface area contributed by atoms with Gasteiger partial charge in [-0.2, -0.15) is 0 Å². The number of para-hydroxylation sites is 1. The highest BCUT2D eigenvalue weighted by Crippen LogP contribution is 2.29. The van der Waals surface area contributed by atoms with Gasteiger partial charge >= 0.3 is 0 Å². The van der Waals surface area contributed by atoms with Crippen molar-refractivity contribution in [2.24, 2.45) is 0 Å². The van der Waals surface area contributed by atoms with Crippen LogP contribution in [0.1, 0.15) is 24.8 Å². The summed E-state index contributed by atoms with van der Waals surface area (Å²) >= 11 is 0. The van der Waals surface area contributed by atoms with Crippen LogP contribution in [0.2, 0.25) is 0 Å². The van der Waals surface area contributed by atoms with E-state index in [1.165, 1.54) is 0 Å². The van der Waals surface area contributed by atoms with Crippen LogP contribution >= 0.6 is 0 Å². The fourth-order valence-electron chi connectivity index (χ4n) is 4.03. The van der Waals surface area contributed by atoms with E-state index < -0.39 is 10.8 Å². The number of methoxy groups -OCH3 is 1. The molecule has 3 aromatic rings. The molecule has 7 heteroatoms. The summed E-state index contributed by atoms with van der Waals surface area (Å²) in [6, 6.07) is 21.5. The van der Waals surface area contributed by atoms with E-state index in [0.29, 0.717) is 24.7 Å². The van der Waals surface area contributed by atoms with Crippen molar-refractivity contribution in [2.45, 2.75) is 37.4 Å². The third kappa shape index (κ3) is 7.03. The molecule has 6 nitrogen and oxygen atoms in total. The first-order valence-corrected chi connectivity index (χ1v) is 13.1. The van der Waals surface area contributed by atoms with Crippen molar-refractivity contribution < 1.29 is 27.9 Å². The van der Waals surface area contributed by atoms with E-state index in [4.69, 9.17) is 23.7 Å². The van der Waals surface area contributed by atoms with Gasteiger partial charge < -0.3 is 23.7 Å². The van der Waals surface area contributed by atoms with Crippen molar-refractivity contribution in [3.63, 3.8) is 0 Å². The zero-order chi connectivity index (χ0) is 23.6. The first-order chi connectivity index (χ1) is 16.7. The first-order valence-electron chi connectivity index (χ1n) is 11.6. The Labute approximate surface area is 203 Å². The molecule has 3 atom stereocenters. The molecule has 0 radical (unpaired) electrons. The summed E-state index contributed by atoms with van der Waals surface area (Å²) in [5.74, 6) is 2.30. The number of hydrogen-bond acceptors (Lipinski definition) is 6. The number of benzene rings is 3. The second-order valence-electron chi connectivity index (χ2n) is 8.25. The van der Waals surface area contributed by atoms with Gasteiger partial charge in [-0.05, 0) is 48.4 Å². The van der Waals surface area contributed by atoms with Crippen molar-refractivity contribution in [3.8, 4) is 11.5 Å². The Morgan fingerprint density at radius 2 is 1.79 bits per heavy atom. The average Bonchev–Trinajstić information content (AvgIpc) is 2.87. The van der Waals surface area contributed by atoms with Gasteiger partial charge in [-0.3, -0.25) is 4.21 Å². The van der Waals surface area contributed by atoms with E-state index in [-0.39, 0.29) is 19.2 Å². The Kier molecular flexibility index (Phi) is 9.33. The molecule has 0 amide bonds. The number of ether oxygens (including phenoxy) is 5. The van der Waals surface area contributed by atoms with Crippen LogP contribution in [0.5, 0.6) is 11.5 Å². The van der Waals surface area contributed by atoms with Crippen molar-refractivity contribution in [1.29, 1.82) is 0 Å². The van der Waals surface area contributed by atoms with Crippen LogP contribution in [0.25, 0.3) is 10.8 Å². The highest BCUT2D eigenvalue weighted by molar-refractivity contribution is 7.84. The summed E-state index contributed by atoms with van der Waals surface area (Å²) in [7, 11) is 0.438. The molecule has 3 unspecified atom stereocenters. The highest BCUT2D eigenvalue weighted by Gasteiger charge is 2.23. The van der Waals surface area contributed by atoms with Crippen molar-refractivity contribution >= 4 is 21.6 Å². The second-order valence-corrected chi connectivity index (χ2v) is 9.75. The van der Waals surface area contributed by atoms with E-state index >= 15 is 0 Å². The van der Waals surface area contributed by atoms with Crippen molar-refractivity contribution in [2.75, 3.05) is 32.9 Å². The van der Waals surface area contributed by atoms with E-state index in [1.54, 1.807) is 7.11 Å². The smallest absolute Gasteiger partial charge is 0.188 e. The minimum absolute atomic E-state index is 0.180. The van der Waals surface area contributed by atoms with Gasteiger partial charge in [0, 0.05) is 35.7 Å². The molecule has 1 saturated heterocycles. The Hall–Kier alpha value is -2.45. The molecule has 1 aliphatic rings. The van der Waals surface area contributed by atoms with Gasteiger partial charge in [0.2, 0.25) is 0 Å². The molecule has 34 heavy (non-hydrogen) atoms. The monoisotopic (exact) mass is 484 g/mol. The van der Waals surface area contributed by atoms with E-state index in [0.717, 1.165) is 47.1 Å². The molecule has 3 aromatic carbocycles. The number of fused-ring (bicyclic) bond motifs is 1. The van der Waals surface area contributed by atoms with Gasteiger partial charge in [0.15, 0.2) is 13.1 Å². The molecular weight excluding hydrogens is 452 g/mol. The summed E-state index contributed by atoms with van der Waals surface area (Å²) < 4.78 is 41.9. The lowest BCUT2D eigenvalue weighted by atomic mass is 10.1. The lowest BCUT2D eigenvalue weighted by molar-refractivity contribution is -0.188. The lowest BCUT2D eigenvalue weighted by Gasteiger charge is -2.27. The van der Waals surface area contributed by atoms with Crippen LogP contribution in [0.3, 0.4) is 0 Å². The Balaban J connectivity index is 1.44. The zero-order valence-corrected chi connectivity index (χ0v) is 20.3. The summed E-state index contributed by atoms with van der Waals surface area (Å²) in [5, 5.41) is 2.00. The predicted molar refractivity (Wildman–Crippen MR) is 134 cm³/mol. The lowest BCUT2D eigenvalue weighted by Crippen LogP contribution is -2.35. The van der Waals surface area contributed by atoms with Crippen LogP contribution in [0.15, 0.2) is 66.7 Å². The molecule has 182 valence electrons. The van der Waals surface area contributed by atoms with Gasteiger partial charge in [0.25, 0.3) is 0 Å². The van der Waals surface area contributed by atoms with Crippen LogP contribution in [0.4, 0.5) is 0 Å². The zero-order valence-electron chi connectivity index (χ0n) is 19.5. The fourth-order valence-corrected chi connectivity index (χ4v) is 5.33. The standard InChI is InChI=1S/C27H32O6S/c1-29-20-32-26-14-8-12-24-21(9-7-13-25(24)26)18-34(28)19-23(33-27-15-5-6-16-30-27)17-31-22-10-3-2-4-11-22/h2-4,7-14,23,27H,5-6,15-20H2,1H3. The summed E-state index contributed by atoms with van der Waals surface area (Å²) in [4.78, 5) is 0. The average molecular weight is 485 g/mol. The topological polar surface area (TPSA) is 63.2 Å². The van der Waals surface area contributed by atoms with Gasteiger partial charge in [0.1, 0.15) is 24.2 Å². The van der Waals surface area contributed by atoms with E-state index in [2.05, 4.69) is 0 Å². The van der Waals surface area contributed by atoms with Gasteiger partial charge in [0.05, 0.1) is 5.75 Å². The molecule has 0 saturated carbocycles. The van der Waals surface area contributed by atoms with Gasteiger partial charge in [-0.1, -0.05) is 48.5 Å². The molecule has 1 heterocycles. The normalized spacial score (nSPS) is 17.9. The second kappa shape index (κ2) is 12.9. The van der Waals surface area contributed by atoms with E-state index in [1.807, 2.05) is 66.7 Å². The molecule has 0 bridgehead atoms. The number of hydrogen-bond donors (Lipinski definition) is 0. The largest absolute Gasteiger partial charge is 0.491 e. The molecule has 1 fully saturated rings. The van der Waals surface area contributed by atoms with Crippen LogP contribution in [0, 0.1) is 0 Å². The molecule has 0 aliphatic carbocycles. The maximum Gasteiger partial charge on any atom is 0.188 e. The quantitative estimate of drug-likeness (QED) is 0.335. The van der Waals surface area contributed by atoms with Crippen molar-refractivity contribution in [3.05, 3.63) is 72.3 Å². The van der Waals surface area contributed by atoms with Gasteiger partial charge in [-0.25, -0.2) is 0 Å². The Morgan fingerprint density at radius 3 is 2.59 bits per heavy atom. The minimum Gasteiger partial charge on any atom is -0.491 e. The minimum atomic E-state index is -1.16. The Bertz CT molecular complexity index is 1050. The molecule has 0 N–H and O–H groups in total. The molecule has 0 spiro atoms. The molecule has 0 aromatic heterocycles. The van der Waals surface area contributed by atoms with E-state index in [9.17, 15) is 4.21 Å². The first kappa shape index (κ1) is 24.7. The molecule has 1 aliphatic heterocycles. The SMILES string of the molecule is COCOc1cccc2c(CS(=O)CC(COc3ccccc3)OC3CCCCO3)cccc12. The fraction of sp³-hybridized carbons (Fsp3) is 0.407. The summed E-state index contributed by atoms with van der Waals surface area (Å²) in [6.07, 6.45) is 2.37. The van der Waals surface area contributed by atoms with Crippen LogP contribution in [-0.4, -0.2) is 49.5 Å². The maximum absolute atomic E-state index is 13.3. The number of rotatable bonds is 12. The maximum atomic E-state index is 13.3. The Morgan fingerprint density at radius 1 is 0.971 bits per heavy atom. The predicted octanol–water partition coefficient (Wildman–Crippen LogP) is 5.06.